The Morgan fingerprint density at radius 2 is 2.27 bits per heavy atom. The van der Waals surface area contributed by atoms with E-state index in [4.69, 9.17) is 4.74 Å². The molecule has 0 unspecified atom stereocenters. The Kier molecular flexibility index (Phi) is 4.85. The maximum atomic E-state index is 5.02. The maximum absolute atomic E-state index is 5.02. The molecule has 0 aromatic carbocycles. The number of piperidine rings is 1. The molecule has 2 rings (SSSR count). The lowest BCUT2D eigenvalue weighted by atomic mass is 9.99. The second-order valence-electron chi connectivity index (χ2n) is 3.64. The van der Waals surface area contributed by atoms with Crippen LogP contribution in [0.2, 0.25) is 0 Å². The summed E-state index contributed by atoms with van der Waals surface area (Å²) in [6.45, 7) is 1.12. The van der Waals surface area contributed by atoms with Gasteiger partial charge in [-0.3, -0.25) is 0 Å². The van der Waals surface area contributed by atoms with Crippen molar-refractivity contribution in [1.29, 1.82) is 0 Å². The van der Waals surface area contributed by atoms with Crippen LogP contribution in [0.15, 0.2) is 18.3 Å². The Morgan fingerprint density at radius 3 is 2.80 bits per heavy atom. The maximum Gasteiger partial charge on any atom is 0.212 e. The molecule has 1 aliphatic rings. The summed E-state index contributed by atoms with van der Waals surface area (Å²) in [7, 11) is 1.64. The Balaban J connectivity index is 0.00000112. The van der Waals surface area contributed by atoms with Crippen LogP contribution >= 0.6 is 12.4 Å². The Labute approximate surface area is 96.7 Å². The first kappa shape index (κ1) is 12.3. The largest absolute Gasteiger partial charge is 0.481 e. The molecule has 0 spiro atoms. The van der Waals surface area contributed by atoms with Crippen molar-refractivity contribution in [2.24, 2.45) is 0 Å². The first-order valence-electron chi connectivity index (χ1n) is 5.13. The molecule has 0 amide bonds. The monoisotopic (exact) mass is 228 g/mol. The van der Waals surface area contributed by atoms with E-state index in [1.54, 1.807) is 7.11 Å². The zero-order valence-corrected chi connectivity index (χ0v) is 9.72. The Bertz CT molecular complexity index is 283. The molecule has 1 saturated heterocycles. The van der Waals surface area contributed by atoms with E-state index in [0.717, 1.165) is 6.54 Å². The fourth-order valence-corrected chi connectivity index (χ4v) is 1.85. The molecule has 1 atom stereocenters. The molecule has 15 heavy (non-hydrogen) atoms. The lowest BCUT2D eigenvalue weighted by Gasteiger charge is -2.23. The highest BCUT2D eigenvalue weighted by Crippen LogP contribution is 2.22. The van der Waals surface area contributed by atoms with Gasteiger partial charge < -0.3 is 10.1 Å². The molecule has 0 radical (unpaired) electrons. The van der Waals surface area contributed by atoms with Crippen LogP contribution in [0.4, 0.5) is 0 Å². The quantitative estimate of drug-likeness (QED) is 0.844. The van der Waals surface area contributed by atoms with Gasteiger partial charge in [-0.1, -0.05) is 12.5 Å². The molecule has 84 valence electrons. The topological polar surface area (TPSA) is 34.1 Å². The molecule has 1 aliphatic heterocycles. The van der Waals surface area contributed by atoms with Crippen LogP contribution in [0.1, 0.15) is 30.9 Å². The van der Waals surface area contributed by atoms with Crippen molar-refractivity contribution >= 4 is 12.4 Å². The summed E-state index contributed by atoms with van der Waals surface area (Å²) < 4.78 is 5.02. The molecule has 0 aliphatic carbocycles. The third-order valence-electron chi connectivity index (χ3n) is 2.68. The summed E-state index contributed by atoms with van der Waals surface area (Å²) in [6.07, 6.45) is 5.72. The number of nitrogens with zero attached hydrogens (tertiary/aromatic N) is 1. The standard InChI is InChI=1S/C11H16N2O.ClH/c1-14-11-6-5-9(8-13-11)10-4-2-3-7-12-10;/h5-6,8,10,12H,2-4,7H2,1H3;1H/t10-;/m1./s1. The third-order valence-corrected chi connectivity index (χ3v) is 2.68. The molecule has 4 heteroatoms. The number of aromatic nitrogens is 1. The number of hydrogen-bond acceptors (Lipinski definition) is 3. The number of pyridine rings is 1. The number of rotatable bonds is 2. The van der Waals surface area contributed by atoms with E-state index in [9.17, 15) is 0 Å². The Hall–Kier alpha value is -0.800. The van der Waals surface area contributed by atoms with Crippen molar-refractivity contribution in [3.05, 3.63) is 23.9 Å². The zero-order valence-electron chi connectivity index (χ0n) is 8.90. The smallest absolute Gasteiger partial charge is 0.212 e. The van der Waals surface area contributed by atoms with E-state index in [0.29, 0.717) is 11.9 Å². The van der Waals surface area contributed by atoms with Gasteiger partial charge in [0.15, 0.2) is 0 Å². The van der Waals surface area contributed by atoms with Gasteiger partial charge in [0, 0.05) is 18.3 Å². The molecule has 2 heterocycles. The minimum absolute atomic E-state index is 0. The van der Waals surface area contributed by atoms with E-state index < -0.39 is 0 Å². The molecule has 1 aromatic rings. The summed E-state index contributed by atoms with van der Waals surface area (Å²) in [5.41, 5.74) is 1.27. The van der Waals surface area contributed by atoms with Crippen LogP contribution in [-0.4, -0.2) is 18.6 Å². The van der Waals surface area contributed by atoms with Gasteiger partial charge in [0.1, 0.15) is 0 Å². The highest BCUT2D eigenvalue weighted by atomic mass is 35.5. The van der Waals surface area contributed by atoms with Crippen molar-refractivity contribution < 1.29 is 4.74 Å². The van der Waals surface area contributed by atoms with Crippen LogP contribution in [0.3, 0.4) is 0 Å². The lowest BCUT2D eigenvalue weighted by molar-refractivity contribution is 0.392. The Morgan fingerprint density at radius 1 is 1.40 bits per heavy atom. The lowest BCUT2D eigenvalue weighted by Crippen LogP contribution is -2.26. The number of methoxy groups -OCH3 is 1. The second kappa shape index (κ2) is 5.93. The first-order valence-corrected chi connectivity index (χ1v) is 5.13. The van der Waals surface area contributed by atoms with Gasteiger partial charge >= 0.3 is 0 Å². The highest BCUT2D eigenvalue weighted by Gasteiger charge is 2.14. The van der Waals surface area contributed by atoms with E-state index in [1.807, 2.05) is 12.3 Å². The van der Waals surface area contributed by atoms with Crippen molar-refractivity contribution in [1.82, 2.24) is 10.3 Å². The van der Waals surface area contributed by atoms with Crippen molar-refractivity contribution in [2.75, 3.05) is 13.7 Å². The van der Waals surface area contributed by atoms with Crippen LogP contribution in [0.25, 0.3) is 0 Å². The molecule has 1 aromatic heterocycles. The van der Waals surface area contributed by atoms with Gasteiger partial charge in [-0.25, -0.2) is 4.98 Å². The molecule has 0 bridgehead atoms. The summed E-state index contributed by atoms with van der Waals surface area (Å²) in [4.78, 5) is 4.21. The fourth-order valence-electron chi connectivity index (χ4n) is 1.85. The summed E-state index contributed by atoms with van der Waals surface area (Å²) in [5, 5.41) is 3.49. The first-order chi connectivity index (χ1) is 6.90. The van der Waals surface area contributed by atoms with Gasteiger partial charge in [-0.15, -0.1) is 12.4 Å². The van der Waals surface area contributed by atoms with Gasteiger partial charge in [0.25, 0.3) is 0 Å². The van der Waals surface area contributed by atoms with Gasteiger partial charge in [-0.2, -0.15) is 0 Å². The van der Waals surface area contributed by atoms with Crippen molar-refractivity contribution in [3.63, 3.8) is 0 Å². The second-order valence-corrected chi connectivity index (χ2v) is 3.64. The van der Waals surface area contributed by atoms with E-state index >= 15 is 0 Å². The molecule has 1 fully saturated rings. The molecule has 0 saturated carbocycles. The van der Waals surface area contributed by atoms with E-state index in [2.05, 4.69) is 16.4 Å². The van der Waals surface area contributed by atoms with Crippen LogP contribution < -0.4 is 10.1 Å². The fraction of sp³-hybridized carbons (Fsp3) is 0.545. The third kappa shape index (κ3) is 3.08. The normalized spacial score (nSPS) is 20.5. The number of ether oxygens (including phenoxy) is 1. The molecule has 1 N–H and O–H groups in total. The van der Waals surface area contributed by atoms with Crippen LogP contribution in [-0.2, 0) is 0 Å². The SMILES string of the molecule is COc1ccc([C@H]2CCCCN2)cn1.Cl. The summed E-state index contributed by atoms with van der Waals surface area (Å²) in [6, 6.07) is 4.50. The van der Waals surface area contributed by atoms with Crippen LogP contribution in [0.5, 0.6) is 5.88 Å². The average molecular weight is 229 g/mol. The molecule has 3 nitrogen and oxygen atoms in total. The van der Waals surface area contributed by atoms with Crippen LogP contribution in [0, 0.1) is 0 Å². The highest BCUT2D eigenvalue weighted by molar-refractivity contribution is 5.85. The number of halogens is 1. The zero-order chi connectivity index (χ0) is 9.80. The van der Waals surface area contributed by atoms with E-state index in [1.165, 1.54) is 24.8 Å². The van der Waals surface area contributed by atoms with Crippen molar-refractivity contribution in [3.8, 4) is 5.88 Å². The molecular formula is C11H17ClN2O. The summed E-state index contributed by atoms with van der Waals surface area (Å²) in [5.74, 6) is 0.685. The van der Waals surface area contributed by atoms with Gasteiger partial charge in [0.05, 0.1) is 7.11 Å². The number of hydrogen-bond donors (Lipinski definition) is 1. The predicted octanol–water partition coefficient (Wildman–Crippen LogP) is 2.33. The molecular weight excluding hydrogens is 212 g/mol. The minimum Gasteiger partial charge on any atom is -0.481 e. The minimum atomic E-state index is 0. The average Bonchev–Trinajstić information content (AvgIpc) is 2.30. The van der Waals surface area contributed by atoms with Crippen molar-refractivity contribution in [2.45, 2.75) is 25.3 Å². The van der Waals surface area contributed by atoms with Gasteiger partial charge in [0.2, 0.25) is 5.88 Å². The number of nitrogens with one attached hydrogen (secondary N) is 1. The van der Waals surface area contributed by atoms with Gasteiger partial charge in [-0.05, 0) is 24.9 Å². The predicted molar refractivity (Wildman–Crippen MR) is 62.6 cm³/mol. The van der Waals surface area contributed by atoms with E-state index in [-0.39, 0.29) is 12.4 Å². The summed E-state index contributed by atoms with van der Waals surface area (Å²) >= 11 is 0.